The van der Waals surface area contributed by atoms with E-state index in [1.807, 2.05) is 13.0 Å². The highest BCUT2D eigenvalue weighted by Gasteiger charge is 2.20. The summed E-state index contributed by atoms with van der Waals surface area (Å²) in [4.78, 5) is 0. The first-order valence-electron chi connectivity index (χ1n) is 7.44. The van der Waals surface area contributed by atoms with Gasteiger partial charge in [0.15, 0.2) is 0 Å². The van der Waals surface area contributed by atoms with E-state index in [2.05, 4.69) is 26.1 Å². The fourth-order valence-corrected chi connectivity index (χ4v) is 2.50. The van der Waals surface area contributed by atoms with E-state index in [4.69, 9.17) is 0 Å². The van der Waals surface area contributed by atoms with Crippen molar-refractivity contribution in [2.75, 3.05) is 6.54 Å². The maximum Gasteiger partial charge on any atom is 0.123 e. The maximum absolute atomic E-state index is 13.1. The molecule has 0 spiro atoms. The molecule has 0 saturated heterocycles. The van der Waals surface area contributed by atoms with Crippen LogP contribution in [0.3, 0.4) is 0 Å². The molecule has 1 rings (SSSR count). The van der Waals surface area contributed by atoms with Crippen molar-refractivity contribution in [3.63, 3.8) is 0 Å². The van der Waals surface area contributed by atoms with E-state index in [1.165, 1.54) is 6.07 Å². The number of nitrogens with one attached hydrogen (secondary N) is 1. The number of aliphatic hydroxyl groups is 1. The van der Waals surface area contributed by atoms with Gasteiger partial charge in [0.05, 0.1) is 6.10 Å². The van der Waals surface area contributed by atoms with Crippen molar-refractivity contribution in [1.29, 1.82) is 0 Å². The molecule has 0 aliphatic rings. The molecule has 1 aromatic rings. The Labute approximate surface area is 122 Å². The van der Waals surface area contributed by atoms with Crippen molar-refractivity contribution >= 4 is 0 Å². The second-order valence-corrected chi connectivity index (χ2v) is 6.67. The molecular formula is C17H28FNO. The van der Waals surface area contributed by atoms with Crippen LogP contribution in [0.15, 0.2) is 24.3 Å². The third kappa shape index (κ3) is 7.01. The quantitative estimate of drug-likeness (QED) is 0.764. The van der Waals surface area contributed by atoms with E-state index in [0.29, 0.717) is 6.04 Å². The molecule has 0 aliphatic heterocycles. The first-order valence-corrected chi connectivity index (χ1v) is 7.44. The molecule has 2 N–H and O–H groups in total. The molecule has 20 heavy (non-hydrogen) atoms. The van der Waals surface area contributed by atoms with Gasteiger partial charge in [-0.3, -0.25) is 0 Å². The number of aliphatic hydroxyl groups excluding tert-OH is 1. The lowest BCUT2D eigenvalue weighted by Crippen LogP contribution is -2.37. The molecule has 114 valence electrons. The van der Waals surface area contributed by atoms with E-state index < -0.39 is 0 Å². The minimum atomic E-state index is -0.269. The SMILES string of the molecule is CC(O)CC(C)(C)CNC(C)CCc1cccc(F)c1. The molecule has 0 radical (unpaired) electrons. The lowest BCUT2D eigenvalue weighted by Gasteiger charge is -2.28. The van der Waals surface area contributed by atoms with Crippen LogP contribution in [0, 0.1) is 11.2 Å². The van der Waals surface area contributed by atoms with E-state index in [-0.39, 0.29) is 17.3 Å². The predicted molar refractivity (Wildman–Crippen MR) is 82.3 cm³/mol. The fraction of sp³-hybridized carbons (Fsp3) is 0.647. The summed E-state index contributed by atoms with van der Waals surface area (Å²) in [6, 6.07) is 7.18. The zero-order chi connectivity index (χ0) is 15.2. The summed E-state index contributed by atoms with van der Waals surface area (Å²) in [5.41, 5.74) is 1.13. The Bertz CT molecular complexity index is 404. The molecule has 2 atom stereocenters. The molecule has 0 fully saturated rings. The Kier molecular flexibility index (Phi) is 6.63. The zero-order valence-corrected chi connectivity index (χ0v) is 13.1. The van der Waals surface area contributed by atoms with Gasteiger partial charge in [-0.05, 0) is 56.2 Å². The third-order valence-corrected chi connectivity index (χ3v) is 3.53. The third-order valence-electron chi connectivity index (χ3n) is 3.53. The Balaban J connectivity index is 2.31. The normalized spacial score (nSPS) is 15.1. The second-order valence-electron chi connectivity index (χ2n) is 6.67. The molecule has 0 amide bonds. The van der Waals surface area contributed by atoms with E-state index in [1.54, 1.807) is 12.1 Å². The van der Waals surface area contributed by atoms with Gasteiger partial charge in [0, 0.05) is 12.6 Å². The van der Waals surface area contributed by atoms with Gasteiger partial charge in [-0.2, -0.15) is 0 Å². The molecule has 3 heteroatoms. The summed E-state index contributed by atoms with van der Waals surface area (Å²) in [5, 5.41) is 13.0. The number of hydrogen-bond donors (Lipinski definition) is 2. The van der Waals surface area contributed by atoms with Crippen LogP contribution in [0.1, 0.15) is 46.1 Å². The summed E-state index contributed by atoms with van der Waals surface area (Å²) in [7, 11) is 0. The first-order chi connectivity index (χ1) is 9.28. The van der Waals surface area contributed by atoms with Gasteiger partial charge < -0.3 is 10.4 Å². The molecule has 0 bridgehead atoms. The van der Waals surface area contributed by atoms with Gasteiger partial charge in [0.2, 0.25) is 0 Å². The predicted octanol–water partition coefficient (Wildman–Crippen LogP) is 3.53. The smallest absolute Gasteiger partial charge is 0.123 e. The van der Waals surface area contributed by atoms with Gasteiger partial charge in [-0.25, -0.2) is 4.39 Å². The number of aryl methyl sites for hydroxylation is 1. The average Bonchev–Trinajstić information content (AvgIpc) is 2.32. The van der Waals surface area contributed by atoms with Crippen molar-refractivity contribution in [3.8, 4) is 0 Å². The van der Waals surface area contributed by atoms with Crippen LogP contribution < -0.4 is 5.32 Å². The highest BCUT2D eigenvalue weighted by atomic mass is 19.1. The number of rotatable bonds is 8. The zero-order valence-electron chi connectivity index (χ0n) is 13.1. The van der Waals surface area contributed by atoms with Gasteiger partial charge in [0.1, 0.15) is 5.82 Å². The number of halogens is 1. The van der Waals surface area contributed by atoms with Crippen molar-refractivity contribution < 1.29 is 9.50 Å². The number of benzene rings is 1. The topological polar surface area (TPSA) is 32.3 Å². The van der Waals surface area contributed by atoms with Crippen LogP contribution >= 0.6 is 0 Å². The summed E-state index contributed by atoms with van der Waals surface area (Å²) in [6.45, 7) is 9.17. The van der Waals surface area contributed by atoms with Crippen molar-refractivity contribution in [3.05, 3.63) is 35.6 Å². The molecule has 0 saturated carbocycles. The van der Waals surface area contributed by atoms with Crippen LogP contribution in [0.2, 0.25) is 0 Å². The number of hydrogen-bond acceptors (Lipinski definition) is 2. The highest BCUT2D eigenvalue weighted by Crippen LogP contribution is 2.21. The molecule has 0 aromatic heterocycles. The Hall–Kier alpha value is -0.930. The van der Waals surface area contributed by atoms with Crippen LogP contribution in [0.25, 0.3) is 0 Å². The van der Waals surface area contributed by atoms with Gasteiger partial charge in [-0.1, -0.05) is 26.0 Å². The standard InChI is InChI=1S/C17H28FNO/c1-13(19-12-17(3,4)11-14(2)20)8-9-15-6-5-7-16(18)10-15/h5-7,10,13-14,19-20H,8-9,11-12H2,1-4H3. The minimum absolute atomic E-state index is 0.0846. The summed E-state index contributed by atoms with van der Waals surface area (Å²) >= 11 is 0. The second kappa shape index (κ2) is 7.75. The fourth-order valence-electron chi connectivity index (χ4n) is 2.50. The van der Waals surface area contributed by atoms with Gasteiger partial charge in [0.25, 0.3) is 0 Å². The summed E-state index contributed by atoms with van der Waals surface area (Å²) in [6.07, 6.45) is 2.38. The summed E-state index contributed by atoms with van der Waals surface area (Å²) in [5.74, 6) is -0.166. The molecule has 2 nitrogen and oxygen atoms in total. The van der Waals surface area contributed by atoms with Crippen LogP contribution in [-0.2, 0) is 6.42 Å². The minimum Gasteiger partial charge on any atom is -0.393 e. The Morgan fingerprint density at radius 2 is 2.00 bits per heavy atom. The molecule has 0 heterocycles. The van der Waals surface area contributed by atoms with Crippen LogP contribution in [-0.4, -0.2) is 23.8 Å². The molecule has 1 aromatic carbocycles. The van der Waals surface area contributed by atoms with Crippen LogP contribution in [0.4, 0.5) is 4.39 Å². The summed E-state index contributed by atoms with van der Waals surface area (Å²) < 4.78 is 13.1. The van der Waals surface area contributed by atoms with E-state index in [0.717, 1.165) is 31.4 Å². The Morgan fingerprint density at radius 3 is 2.60 bits per heavy atom. The molecular weight excluding hydrogens is 253 g/mol. The first kappa shape index (κ1) is 17.1. The largest absolute Gasteiger partial charge is 0.393 e. The van der Waals surface area contributed by atoms with Crippen molar-refractivity contribution in [2.24, 2.45) is 5.41 Å². The van der Waals surface area contributed by atoms with Crippen molar-refractivity contribution in [1.82, 2.24) is 5.32 Å². The van der Waals surface area contributed by atoms with E-state index >= 15 is 0 Å². The highest BCUT2D eigenvalue weighted by molar-refractivity contribution is 5.16. The monoisotopic (exact) mass is 281 g/mol. The van der Waals surface area contributed by atoms with Gasteiger partial charge >= 0.3 is 0 Å². The lowest BCUT2D eigenvalue weighted by atomic mass is 9.86. The maximum atomic E-state index is 13.1. The van der Waals surface area contributed by atoms with Crippen LogP contribution in [0.5, 0.6) is 0 Å². The van der Waals surface area contributed by atoms with Gasteiger partial charge in [-0.15, -0.1) is 0 Å². The molecule has 2 unspecified atom stereocenters. The Morgan fingerprint density at radius 1 is 1.30 bits per heavy atom. The van der Waals surface area contributed by atoms with Crippen molar-refractivity contribution in [2.45, 2.75) is 59.1 Å². The average molecular weight is 281 g/mol. The molecule has 0 aliphatic carbocycles. The van der Waals surface area contributed by atoms with E-state index in [9.17, 15) is 9.50 Å². The lowest BCUT2D eigenvalue weighted by molar-refractivity contribution is 0.126.